The van der Waals surface area contributed by atoms with Gasteiger partial charge in [-0.2, -0.15) is 0 Å². The van der Waals surface area contributed by atoms with Gasteiger partial charge in [0.05, 0.1) is 0 Å². The van der Waals surface area contributed by atoms with Gasteiger partial charge in [0.25, 0.3) is 0 Å². The molecule has 0 aromatic heterocycles. The van der Waals surface area contributed by atoms with Gasteiger partial charge in [0.1, 0.15) is 5.60 Å². The van der Waals surface area contributed by atoms with Crippen molar-refractivity contribution in [2.24, 2.45) is 0 Å². The predicted octanol–water partition coefficient (Wildman–Crippen LogP) is 3.31. The van der Waals surface area contributed by atoms with Gasteiger partial charge < -0.3 is 15.0 Å². The average Bonchev–Trinajstić information content (AvgIpc) is 2.69. The van der Waals surface area contributed by atoms with Gasteiger partial charge in [-0.25, -0.2) is 4.79 Å². The van der Waals surface area contributed by atoms with Crippen molar-refractivity contribution in [3.8, 4) is 0 Å². The maximum Gasteiger partial charge on any atom is 0.410 e. The number of nitrogens with zero attached hydrogens (tertiary/aromatic N) is 1. The summed E-state index contributed by atoms with van der Waals surface area (Å²) in [5.41, 5.74) is -0.403. The third kappa shape index (κ3) is 4.37. The number of hydrogen-bond acceptors (Lipinski definition) is 3. The molecule has 1 aliphatic carbocycles. The van der Waals surface area contributed by atoms with Crippen LogP contribution in [-0.2, 0) is 4.74 Å². The minimum atomic E-state index is -0.403. The molecule has 0 radical (unpaired) electrons. The molecule has 20 heavy (non-hydrogen) atoms. The quantitative estimate of drug-likeness (QED) is 0.860. The fourth-order valence-corrected chi connectivity index (χ4v) is 3.10. The van der Waals surface area contributed by atoms with Crippen molar-refractivity contribution in [2.45, 2.75) is 89.9 Å². The van der Waals surface area contributed by atoms with Crippen LogP contribution in [0.4, 0.5) is 4.79 Å². The van der Waals surface area contributed by atoms with Crippen LogP contribution in [0.25, 0.3) is 0 Å². The van der Waals surface area contributed by atoms with E-state index in [1.807, 2.05) is 25.7 Å². The number of carbonyl (C=O) groups excluding carboxylic acids is 1. The molecule has 4 heteroatoms. The fraction of sp³-hybridized carbons (Fsp3) is 0.938. The van der Waals surface area contributed by atoms with Crippen LogP contribution < -0.4 is 5.32 Å². The fourth-order valence-electron chi connectivity index (χ4n) is 3.10. The Bertz CT molecular complexity index is 334. The highest BCUT2D eigenvalue weighted by Gasteiger charge is 2.33. The number of rotatable bonds is 4. The van der Waals surface area contributed by atoms with Crippen molar-refractivity contribution in [1.29, 1.82) is 0 Å². The number of amides is 1. The first-order valence-electron chi connectivity index (χ1n) is 8.11. The number of likely N-dealkylation sites (tertiary alicyclic amines) is 1. The van der Waals surface area contributed by atoms with E-state index >= 15 is 0 Å². The number of hydrogen-bond donors (Lipinski definition) is 1. The van der Waals surface area contributed by atoms with Crippen molar-refractivity contribution < 1.29 is 9.53 Å². The number of nitrogens with one attached hydrogen (secondary N) is 1. The molecule has 2 rings (SSSR count). The lowest BCUT2D eigenvalue weighted by atomic mass is 9.92. The van der Waals surface area contributed by atoms with Crippen molar-refractivity contribution >= 4 is 6.09 Å². The van der Waals surface area contributed by atoms with E-state index in [9.17, 15) is 4.79 Å². The Morgan fingerprint density at radius 3 is 2.55 bits per heavy atom. The molecule has 2 aliphatic rings. The molecule has 1 heterocycles. The third-order valence-corrected chi connectivity index (χ3v) is 4.26. The highest BCUT2D eigenvalue weighted by Crippen LogP contribution is 2.25. The SMILES string of the molecule is CC(CC1CCCN1C(=O)OC(C)(C)C)NC1CCC1. The monoisotopic (exact) mass is 282 g/mol. The minimum Gasteiger partial charge on any atom is -0.444 e. The Kier molecular flexibility index (Phi) is 4.95. The van der Waals surface area contributed by atoms with Crippen LogP contribution in [0.15, 0.2) is 0 Å². The normalized spacial score (nSPS) is 25.4. The van der Waals surface area contributed by atoms with Crippen LogP contribution in [0.2, 0.25) is 0 Å². The van der Waals surface area contributed by atoms with Crippen molar-refractivity contribution in [3.05, 3.63) is 0 Å². The molecular weight excluding hydrogens is 252 g/mol. The Labute approximate surface area is 123 Å². The Morgan fingerprint density at radius 2 is 2.00 bits per heavy atom. The zero-order valence-corrected chi connectivity index (χ0v) is 13.4. The first-order chi connectivity index (χ1) is 9.35. The van der Waals surface area contributed by atoms with Gasteiger partial charge in [0, 0.05) is 24.7 Å². The van der Waals surface area contributed by atoms with E-state index in [2.05, 4.69) is 12.2 Å². The molecule has 1 saturated heterocycles. The van der Waals surface area contributed by atoms with Crippen molar-refractivity contribution in [3.63, 3.8) is 0 Å². The Morgan fingerprint density at radius 1 is 1.30 bits per heavy atom. The third-order valence-electron chi connectivity index (χ3n) is 4.26. The van der Waals surface area contributed by atoms with Crippen LogP contribution in [0, 0.1) is 0 Å². The van der Waals surface area contributed by atoms with E-state index in [-0.39, 0.29) is 6.09 Å². The molecule has 1 saturated carbocycles. The van der Waals surface area contributed by atoms with Gasteiger partial charge in [-0.1, -0.05) is 6.42 Å². The van der Waals surface area contributed by atoms with Crippen LogP contribution in [-0.4, -0.2) is 41.3 Å². The lowest BCUT2D eigenvalue weighted by Crippen LogP contribution is -2.46. The molecule has 116 valence electrons. The summed E-state index contributed by atoms with van der Waals surface area (Å²) in [6.45, 7) is 8.86. The van der Waals surface area contributed by atoms with Crippen molar-refractivity contribution in [1.82, 2.24) is 10.2 Å². The van der Waals surface area contributed by atoms with Gasteiger partial charge >= 0.3 is 6.09 Å². The summed E-state index contributed by atoms with van der Waals surface area (Å²) >= 11 is 0. The topological polar surface area (TPSA) is 41.6 Å². The van der Waals surface area contributed by atoms with E-state index in [0.29, 0.717) is 18.1 Å². The Hall–Kier alpha value is -0.770. The second kappa shape index (κ2) is 6.33. The van der Waals surface area contributed by atoms with Crippen LogP contribution >= 0.6 is 0 Å². The first kappa shape index (κ1) is 15.6. The zero-order valence-electron chi connectivity index (χ0n) is 13.4. The minimum absolute atomic E-state index is 0.143. The molecule has 0 aromatic rings. The summed E-state index contributed by atoms with van der Waals surface area (Å²) in [6, 6.07) is 1.53. The number of ether oxygens (including phenoxy) is 1. The van der Waals surface area contributed by atoms with Gasteiger partial charge in [-0.15, -0.1) is 0 Å². The molecule has 0 spiro atoms. The largest absolute Gasteiger partial charge is 0.444 e. The standard InChI is InChI=1S/C16H30N2O2/c1-12(17-13-7-5-8-13)11-14-9-6-10-18(14)15(19)20-16(2,3)4/h12-14,17H,5-11H2,1-4H3. The maximum atomic E-state index is 12.2. The molecule has 0 bridgehead atoms. The van der Waals surface area contributed by atoms with E-state index < -0.39 is 5.60 Å². The lowest BCUT2D eigenvalue weighted by Gasteiger charge is -2.33. The van der Waals surface area contributed by atoms with E-state index in [1.165, 1.54) is 19.3 Å². The molecule has 2 unspecified atom stereocenters. The lowest BCUT2D eigenvalue weighted by molar-refractivity contribution is 0.0213. The second-order valence-electron chi connectivity index (χ2n) is 7.40. The summed E-state index contributed by atoms with van der Waals surface area (Å²) < 4.78 is 5.51. The molecule has 4 nitrogen and oxygen atoms in total. The molecule has 2 atom stereocenters. The Balaban J connectivity index is 1.81. The summed E-state index contributed by atoms with van der Waals surface area (Å²) in [4.78, 5) is 14.2. The zero-order chi connectivity index (χ0) is 14.8. The summed E-state index contributed by atoms with van der Waals surface area (Å²) in [5, 5.41) is 3.67. The van der Waals surface area contributed by atoms with Gasteiger partial charge in [0.15, 0.2) is 0 Å². The van der Waals surface area contributed by atoms with Crippen LogP contribution in [0.3, 0.4) is 0 Å². The van der Waals surface area contributed by atoms with E-state index in [0.717, 1.165) is 25.8 Å². The maximum absolute atomic E-state index is 12.2. The summed E-state index contributed by atoms with van der Waals surface area (Å²) in [5.74, 6) is 0. The summed E-state index contributed by atoms with van der Waals surface area (Å²) in [7, 11) is 0. The predicted molar refractivity (Wildman–Crippen MR) is 80.8 cm³/mol. The first-order valence-corrected chi connectivity index (χ1v) is 8.11. The van der Waals surface area contributed by atoms with Gasteiger partial charge in [0.2, 0.25) is 0 Å². The molecule has 1 aliphatic heterocycles. The van der Waals surface area contributed by atoms with Crippen molar-refractivity contribution in [2.75, 3.05) is 6.54 Å². The number of carbonyl (C=O) groups is 1. The van der Waals surface area contributed by atoms with Gasteiger partial charge in [-0.3, -0.25) is 0 Å². The molecular formula is C16H30N2O2. The highest BCUT2D eigenvalue weighted by atomic mass is 16.6. The highest BCUT2D eigenvalue weighted by molar-refractivity contribution is 5.68. The molecule has 1 amide bonds. The molecule has 0 aromatic carbocycles. The summed E-state index contributed by atoms with van der Waals surface area (Å²) in [6.07, 6.45) is 7.08. The molecule has 1 N–H and O–H groups in total. The van der Waals surface area contributed by atoms with Crippen LogP contribution in [0.5, 0.6) is 0 Å². The average molecular weight is 282 g/mol. The van der Waals surface area contributed by atoms with Gasteiger partial charge in [-0.05, 0) is 59.8 Å². The smallest absolute Gasteiger partial charge is 0.410 e. The second-order valence-corrected chi connectivity index (χ2v) is 7.40. The molecule has 2 fully saturated rings. The van der Waals surface area contributed by atoms with E-state index in [4.69, 9.17) is 4.74 Å². The van der Waals surface area contributed by atoms with E-state index in [1.54, 1.807) is 0 Å². The van der Waals surface area contributed by atoms with Crippen LogP contribution in [0.1, 0.15) is 66.2 Å².